The summed E-state index contributed by atoms with van der Waals surface area (Å²) in [5.41, 5.74) is 4.01. The van der Waals surface area contributed by atoms with E-state index < -0.39 is 6.03 Å². The van der Waals surface area contributed by atoms with Crippen LogP contribution in [0.25, 0.3) is 0 Å². The second kappa shape index (κ2) is 8.16. The number of imide groups is 1. The topological polar surface area (TPSA) is 91.4 Å². The van der Waals surface area contributed by atoms with Crippen LogP contribution < -0.4 is 15.5 Å². The highest BCUT2D eigenvalue weighted by Crippen LogP contribution is 2.25. The zero-order chi connectivity index (χ0) is 21.1. The summed E-state index contributed by atoms with van der Waals surface area (Å²) in [7, 11) is 0. The van der Waals surface area contributed by atoms with E-state index in [9.17, 15) is 14.4 Å². The van der Waals surface area contributed by atoms with Crippen molar-refractivity contribution in [3.8, 4) is 0 Å². The van der Waals surface area contributed by atoms with Crippen molar-refractivity contribution in [3.63, 3.8) is 0 Å². The molecule has 1 fully saturated rings. The van der Waals surface area contributed by atoms with Gasteiger partial charge in [-0.15, -0.1) is 0 Å². The molecule has 1 aliphatic rings. The van der Waals surface area contributed by atoms with Gasteiger partial charge in [0, 0.05) is 23.6 Å². The molecule has 0 bridgehead atoms. The van der Waals surface area contributed by atoms with Gasteiger partial charge in [0.25, 0.3) is 5.91 Å². The Morgan fingerprint density at radius 3 is 2.37 bits per heavy atom. The number of amides is 4. The predicted octanol–water partition coefficient (Wildman–Crippen LogP) is 2.97. The molecule has 2 N–H and O–H groups in total. The van der Waals surface area contributed by atoms with Crippen molar-refractivity contribution < 1.29 is 14.4 Å². The molecular formula is C23H20N4O3. The predicted molar refractivity (Wildman–Crippen MR) is 112 cm³/mol. The monoisotopic (exact) mass is 400 g/mol. The molecule has 1 unspecified atom stereocenters. The summed E-state index contributed by atoms with van der Waals surface area (Å²) in [5, 5.41) is 5.33. The molecule has 4 rings (SSSR count). The van der Waals surface area contributed by atoms with Gasteiger partial charge < -0.3 is 5.32 Å². The van der Waals surface area contributed by atoms with Crippen LogP contribution in [-0.2, 0) is 4.79 Å². The summed E-state index contributed by atoms with van der Waals surface area (Å²) >= 11 is 0. The van der Waals surface area contributed by atoms with Crippen LogP contribution in [0.2, 0.25) is 0 Å². The summed E-state index contributed by atoms with van der Waals surface area (Å²) < 4.78 is 0. The van der Waals surface area contributed by atoms with Gasteiger partial charge in [-0.05, 0) is 60.0 Å². The molecule has 150 valence electrons. The summed E-state index contributed by atoms with van der Waals surface area (Å²) in [6.45, 7) is 1.98. The molecule has 2 aromatic carbocycles. The van der Waals surface area contributed by atoms with Crippen molar-refractivity contribution >= 4 is 23.5 Å². The van der Waals surface area contributed by atoms with E-state index in [0.717, 1.165) is 16.7 Å². The molecule has 0 saturated carbocycles. The first-order valence-electron chi connectivity index (χ1n) is 9.50. The van der Waals surface area contributed by atoms with Gasteiger partial charge in [0.15, 0.2) is 0 Å². The zero-order valence-electron chi connectivity index (χ0n) is 16.3. The summed E-state index contributed by atoms with van der Waals surface area (Å²) in [4.78, 5) is 41.6. The molecular weight excluding hydrogens is 380 g/mol. The minimum Gasteiger partial charge on any atom is -0.341 e. The number of hydrogen-bond acceptors (Lipinski definition) is 4. The van der Waals surface area contributed by atoms with E-state index in [2.05, 4.69) is 15.6 Å². The first kappa shape index (κ1) is 19.3. The third-order valence-electron chi connectivity index (χ3n) is 5.05. The van der Waals surface area contributed by atoms with Crippen LogP contribution >= 0.6 is 0 Å². The van der Waals surface area contributed by atoms with E-state index >= 15 is 0 Å². The number of aromatic nitrogens is 1. The molecule has 1 aliphatic heterocycles. The molecule has 7 heteroatoms. The molecule has 1 aromatic heterocycles. The number of carbonyl (C=O) groups is 3. The van der Waals surface area contributed by atoms with Crippen LogP contribution in [-0.4, -0.2) is 29.4 Å². The lowest BCUT2D eigenvalue weighted by Crippen LogP contribution is -2.30. The van der Waals surface area contributed by atoms with Gasteiger partial charge in [0.2, 0.25) is 5.91 Å². The molecule has 30 heavy (non-hydrogen) atoms. The SMILES string of the molecule is Cc1ccccc1C(NC(=O)c1ccc(N2CC(=O)NC2=O)cc1)c1ccncc1. The maximum atomic E-state index is 13.0. The van der Waals surface area contributed by atoms with Crippen molar-refractivity contribution in [1.82, 2.24) is 15.6 Å². The van der Waals surface area contributed by atoms with Gasteiger partial charge in [0.05, 0.1) is 6.04 Å². The summed E-state index contributed by atoms with van der Waals surface area (Å²) in [6.07, 6.45) is 3.40. The van der Waals surface area contributed by atoms with E-state index in [1.165, 1.54) is 4.90 Å². The minimum absolute atomic E-state index is 0.0260. The molecule has 4 amide bonds. The van der Waals surface area contributed by atoms with Crippen molar-refractivity contribution in [2.45, 2.75) is 13.0 Å². The van der Waals surface area contributed by atoms with Gasteiger partial charge in [-0.3, -0.25) is 24.8 Å². The highest BCUT2D eigenvalue weighted by molar-refractivity contribution is 6.12. The number of benzene rings is 2. The van der Waals surface area contributed by atoms with Crippen molar-refractivity contribution in [2.24, 2.45) is 0 Å². The summed E-state index contributed by atoms with van der Waals surface area (Å²) in [5.74, 6) is -0.589. The van der Waals surface area contributed by atoms with Gasteiger partial charge in [0.1, 0.15) is 6.54 Å². The minimum atomic E-state index is -0.463. The smallest absolute Gasteiger partial charge is 0.329 e. The van der Waals surface area contributed by atoms with Crippen LogP contribution in [0.15, 0.2) is 73.1 Å². The highest BCUT2D eigenvalue weighted by Gasteiger charge is 2.28. The Labute approximate surface area is 173 Å². The van der Waals surface area contributed by atoms with Crippen LogP contribution in [0, 0.1) is 6.92 Å². The van der Waals surface area contributed by atoms with E-state index in [4.69, 9.17) is 0 Å². The number of anilines is 1. The number of hydrogen-bond donors (Lipinski definition) is 2. The maximum absolute atomic E-state index is 13.0. The number of pyridine rings is 1. The second-order valence-electron chi connectivity index (χ2n) is 7.03. The third kappa shape index (κ3) is 3.91. The third-order valence-corrected chi connectivity index (χ3v) is 5.05. The van der Waals surface area contributed by atoms with Crippen molar-refractivity contribution in [3.05, 3.63) is 95.3 Å². The number of urea groups is 1. The Hall–Kier alpha value is -4.00. The fraction of sp³-hybridized carbons (Fsp3) is 0.130. The average molecular weight is 400 g/mol. The van der Waals surface area contributed by atoms with Crippen LogP contribution in [0.5, 0.6) is 0 Å². The van der Waals surface area contributed by atoms with Crippen molar-refractivity contribution in [1.29, 1.82) is 0 Å². The Kier molecular flexibility index (Phi) is 5.26. The average Bonchev–Trinajstić information content (AvgIpc) is 3.11. The zero-order valence-corrected chi connectivity index (χ0v) is 16.3. The first-order chi connectivity index (χ1) is 14.5. The standard InChI is InChI=1S/C23H20N4O3/c1-15-4-2-3-5-19(15)21(16-10-12-24-13-11-16)26-22(29)17-6-8-18(9-7-17)27-14-20(28)25-23(27)30/h2-13,21H,14H2,1H3,(H,26,29)(H,25,28,30). The number of nitrogens with zero attached hydrogens (tertiary/aromatic N) is 2. The fourth-order valence-electron chi connectivity index (χ4n) is 3.46. The molecule has 0 spiro atoms. The lowest BCUT2D eigenvalue weighted by atomic mass is 9.95. The number of aryl methyl sites for hydroxylation is 1. The van der Waals surface area contributed by atoms with Crippen molar-refractivity contribution in [2.75, 3.05) is 11.4 Å². The van der Waals surface area contributed by atoms with E-state index in [-0.39, 0.29) is 24.4 Å². The fourth-order valence-corrected chi connectivity index (χ4v) is 3.46. The molecule has 7 nitrogen and oxygen atoms in total. The second-order valence-corrected chi connectivity index (χ2v) is 7.03. The Balaban J connectivity index is 1.58. The van der Waals surface area contributed by atoms with Crippen LogP contribution in [0.3, 0.4) is 0 Å². The Morgan fingerprint density at radius 2 is 1.73 bits per heavy atom. The molecule has 1 atom stereocenters. The van der Waals surface area contributed by atoms with Gasteiger partial charge in [-0.25, -0.2) is 4.79 Å². The highest BCUT2D eigenvalue weighted by atomic mass is 16.2. The van der Waals surface area contributed by atoms with E-state index in [1.807, 2.05) is 43.3 Å². The molecule has 1 saturated heterocycles. The van der Waals surface area contributed by atoms with Crippen LogP contribution in [0.1, 0.15) is 33.1 Å². The largest absolute Gasteiger partial charge is 0.341 e. The molecule has 0 aliphatic carbocycles. The number of carbonyl (C=O) groups excluding carboxylic acids is 3. The summed E-state index contributed by atoms with van der Waals surface area (Å²) in [6, 6.07) is 17.5. The number of nitrogens with one attached hydrogen (secondary N) is 2. The van der Waals surface area contributed by atoms with Gasteiger partial charge >= 0.3 is 6.03 Å². The quantitative estimate of drug-likeness (QED) is 0.644. The Morgan fingerprint density at radius 1 is 1.03 bits per heavy atom. The van der Waals surface area contributed by atoms with E-state index in [0.29, 0.717) is 11.3 Å². The molecule has 2 heterocycles. The Bertz CT molecular complexity index is 1100. The lowest BCUT2D eigenvalue weighted by molar-refractivity contribution is -0.117. The maximum Gasteiger partial charge on any atom is 0.329 e. The van der Waals surface area contributed by atoms with Crippen LogP contribution in [0.4, 0.5) is 10.5 Å². The van der Waals surface area contributed by atoms with E-state index in [1.54, 1.807) is 36.7 Å². The molecule has 3 aromatic rings. The molecule has 0 radical (unpaired) electrons. The normalized spacial score (nSPS) is 14.4. The first-order valence-corrected chi connectivity index (χ1v) is 9.50. The van der Waals surface area contributed by atoms with Gasteiger partial charge in [-0.1, -0.05) is 24.3 Å². The lowest BCUT2D eigenvalue weighted by Gasteiger charge is -2.22. The number of rotatable bonds is 5. The van der Waals surface area contributed by atoms with Gasteiger partial charge in [-0.2, -0.15) is 0 Å².